The zero-order valence-corrected chi connectivity index (χ0v) is 11.3. The van der Waals surface area contributed by atoms with Gasteiger partial charge in [-0.2, -0.15) is 0 Å². The number of hydrogen-bond acceptors (Lipinski definition) is 2. The molecule has 1 fully saturated rings. The lowest BCUT2D eigenvalue weighted by Crippen LogP contribution is -2.22. The summed E-state index contributed by atoms with van der Waals surface area (Å²) in [6.45, 7) is 3.93. The highest BCUT2D eigenvalue weighted by Crippen LogP contribution is 2.27. The molecule has 2 nitrogen and oxygen atoms in total. The highest BCUT2D eigenvalue weighted by Gasteiger charge is 2.19. The molecule has 0 aliphatic heterocycles. The van der Waals surface area contributed by atoms with Crippen molar-refractivity contribution in [3.05, 3.63) is 29.8 Å². The van der Waals surface area contributed by atoms with Crippen LogP contribution in [0.2, 0.25) is 0 Å². The number of ketones is 1. The van der Waals surface area contributed by atoms with Crippen molar-refractivity contribution in [2.45, 2.75) is 52.1 Å². The van der Waals surface area contributed by atoms with Crippen LogP contribution in [0.5, 0.6) is 5.75 Å². The predicted octanol–water partition coefficient (Wildman–Crippen LogP) is 3.78. The Bertz CT molecular complexity index is 386. The number of rotatable bonds is 4. The van der Waals surface area contributed by atoms with Gasteiger partial charge >= 0.3 is 0 Å². The van der Waals surface area contributed by atoms with Gasteiger partial charge in [0.2, 0.25) is 0 Å². The van der Waals surface area contributed by atoms with E-state index in [0.29, 0.717) is 12.5 Å². The van der Waals surface area contributed by atoms with Crippen LogP contribution in [-0.2, 0) is 11.2 Å². The number of benzene rings is 1. The first kappa shape index (κ1) is 13.1. The second kappa shape index (κ2) is 6.03. The summed E-state index contributed by atoms with van der Waals surface area (Å²) in [5.74, 6) is 1.98. The van der Waals surface area contributed by atoms with Gasteiger partial charge in [0.05, 0.1) is 6.10 Å². The van der Waals surface area contributed by atoms with E-state index in [1.165, 1.54) is 12.8 Å². The summed E-state index contributed by atoms with van der Waals surface area (Å²) in [5, 5.41) is 0. The van der Waals surface area contributed by atoms with Crippen molar-refractivity contribution in [2.75, 3.05) is 0 Å². The molecule has 1 saturated carbocycles. The average Bonchev–Trinajstić information content (AvgIpc) is 2.34. The van der Waals surface area contributed by atoms with E-state index in [0.717, 1.165) is 30.1 Å². The molecule has 0 saturated heterocycles. The van der Waals surface area contributed by atoms with Gasteiger partial charge in [-0.15, -0.1) is 0 Å². The van der Waals surface area contributed by atoms with Gasteiger partial charge in [-0.25, -0.2) is 0 Å². The number of ether oxygens (including phenoxy) is 1. The van der Waals surface area contributed by atoms with Gasteiger partial charge in [-0.1, -0.05) is 19.1 Å². The van der Waals surface area contributed by atoms with Crippen molar-refractivity contribution in [1.82, 2.24) is 0 Å². The van der Waals surface area contributed by atoms with Gasteiger partial charge in [0.15, 0.2) is 0 Å². The Morgan fingerprint density at radius 2 is 1.78 bits per heavy atom. The van der Waals surface area contributed by atoms with Crippen LogP contribution in [0.25, 0.3) is 0 Å². The first-order valence-corrected chi connectivity index (χ1v) is 6.88. The minimum Gasteiger partial charge on any atom is -0.490 e. The molecule has 0 radical (unpaired) electrons. The van der Waals surface area contributed by atoms with Crippen molar-refractivity contribution < 1.29 is 9.53 Å². The van der Waals surface area contributed by atoms with E-state index in [9.17, 15) is 4.79 Å². The van der Waals surface area contributed by atoms with E-state index in [1.54, 1.807) is 6.92 Å². The molecule has 0 heterocycles. The molecule has 0 atom stereocenters. The monoisotopic (exact) mass is 246 g/mol. The summed E-state index contributed by atoms with van der Waals surface area (Å²) >= 11 is 0. The van der Waals surface area contributed by atoms with E-state index in [1.807, 2.05) is 24.3 Å². The van der Waals surface area contributed by atoms with Gasteiger partial charge < -0.3 is 4.74 Å². The summed E-state index contributed by atoms with van der Waals surface area (Å²) in [6.07, 6.45) is 5.76. The van der Waals surface area contributed by atoms with Gasteiger partial charge in [-0.3, -0.25) is 4.79 Å². The van der Waals surface area contributed by atoms with Crippen LogP contribution in [0.3, 0.4) is 0 Å². The minimum atomic E-state index is 0.199. The molecular formula is C16H22O2. The van der Waals surface area contributed by atoms with Gasteiger partial charge in [0.25, 0.3) is 0 Å². The van der Waals surface area contributed by atoms with Crippen LogP contribution in [0, 0.1) is 5.92 Å². The fraction of sp³-hybridized carbons (Fsp3) is 0.562. The maximum Gasteiger partial charge on any atom is 0.134 e. The first-order chi connectivity index (χ1) is 8.63. The molecule has 98 valence electrons. The van der Waals surface area contributed by atoms with Crippen LogP contribution >= 0.6 is 0 Å². The highest BCUT2D eigenvalue weighted by atomic mass is 16.5. The lowest BCUT2D eigenvalue weighted by molar-refractivity contribution is -0.116. The molecule has 1 aliphatic rings. The highest BCUT2D eigenvalue weighted by molar-refractivity contribution is 5.78. The molecular weight excluding hydrogens is 224 g/mol. The van der Waals surface area contributed by atoms with Crippen LogP contribution < -0.4 is 4.74 Å². The molecule has 1 aromatic rings. The number of carbonyl (C=O) groups is 1. The fourth-order valence-corrected chi connectivity index (χ4v) is 2.51. The summed E-state index contributed by atoms with van der Waals surface area (Å²) in [6, 6.07) is 7.94. The van der Waals surface area contributed by atoms with Gasteiger partial charge in [-0.05, 0) is 56.2 Å². The number of Topliss-reactive ketones (excluding diaryl/α,β-unsaturated/α-hetero) is 1. The van der Waals surface area contributed by atoms with Gasteiger partial charge in [0.1, 0.15) is 11.5 Å². The smallest absolute Gasteiger partial charge is 0.134 e. The standard InChI is InChI=1S/C16H22O2/c1-12-3-7-15(8-4-12)18-16-9-5-14(6-10-16)11-13(2)17/h5-6,9-10,12,15H,3-4,7-8,11H2,1-2H3. The second-order valence-electron chi connectivity index (χ2n) is 5.52. The molecule has 0 aromatic heterocycles. The van der Waals surface area contributed by atoms with E-state index in [-0.39, 0.29) is 5.78 Å². The largest absolute Gasteiger partial charge is 0.490 e. The van der Waals surface area contributed by atoms with Crippen LogP contribution in [0.1, 0.15) is 45.1 Å². The minimum absolute atomic E-state index is 0.199. The lowest BCUT2D eigenvalue weighted by Gasteiger charge is -2.26. The Balaban J connectivity index is 1.88. The summed E-state index contributed by atoms with van der Waals surface area (Å²) in [4.78, 5) is 11.0. The van der Waals surface area contributed by atoms with Gasteiger partial charge in [0, 0.05) is 6.42 Å². The summed E-state index contributed by atoms with van der Waals surface area (Å²) in [7, 11) is 0. The van der Waals surface area contributed by atoms with Crippen molar-refractivity contribution >= 4 is 5.78 Å². The summed E-state index contributed by atoms with van der Waals surface area (Å²) in [5.41, 5.74) is 1.06. The molecule has 0 bridgehead atoms. The molecule has 2 heteroatoms. The normalized spacial score (nSPS) is 23.7. The van der Waals surface area contributed by atoms with Crippen molar-refractivity contribution in [3.8, 4) is 5.75 Å². The Kier molecular flexibility index (Phi) is 4.40. The Morgan fingerprint density at radius 3 is 2.33 bits per heavy atom. The molecule has 0 amide bonds. The molecule has 0 N–H and O–H groups in total. The average molecular weight is 246 g/mol. The molecule has 1 aliphatic carbocycles. The first-order valence-electron chi connectivity index (χ1n) is 6.88. The Labute approximate surface area is 109 Å². The van der Waals surface area contributed by atoms with E-state index in [2.05, 4.69) is 6.92 Å². The SMILES string of the molecule is CC(=O)Cc1ccc(OC2CCC(C)CC2)cc1. The topological polar surface area (TPSA) is 26.3 Å². The van der Waals surface area contributed by atoms with Crippen molar-refractivity contribution in [1.29, 1.82) is 0 Å². The quantitative estimate of drug-likeness (QED) is 0.808. The third-order valence-electron chi connectivity index (χ3n) is 3.64. The van der Waals surface area contributed by atoms with E-state index in [4.69, 9.17) is 4.74 Å². The maximum atomic E-state index is 11.0. The van der Waals surface area contributed by atoms with E-state index >= 15 is 0 Å². The molecule has 1 aromatic carbocycles. The third kappa shape index (κ3) is 3.86. The lowest BCUT2D eigenvalue weighted by atomic mass is 9.89. The number of carbonyl (C=O) groups excluding carboxylic acids is 1. The molecule has 0 unspecified atom stereocenters. The zero-order chi connectivity index (χ0) is 13.0. The van der Waals surface area contributed by atoms with Crippen LogP contribution in [0.15, 0.2) is 24.3 Å². The van der Waals surface area contributed by atoms with Crippen LogP contribution in [0.4, 0.5) is 0 Å². The number of hydrogen-bond donors (Lipinski definition) is 0. The molecule has 0 spiro atoms. The fourth-order valence-electron chi connectivity index (χ4n) is 2.51. The van der Waals surface area contributed by atoms with E-state index < -0.39 is 0 Å². The summed E-state index contributed by atoms with van der Waals surface area (Å²) < 4.78 is 5.98. The Morgan fingerprint density at radius 1 is 1.17 bits per heavy atom. The molecule has 18 heavy (non-hydrogen) atoms. The van der Waals surface area contributed by atoms with Crippen molar-refractivity contribution in [2.24, 2.45) is 5.92 Å². The third-order valence-corrected chi connectivity index (χ3v) is 3.64. The Hall–Kier alpha value is -1.31. The van der Waals surface area contributed by atoms with Crippen LogP contribution in [-0.4, -0.2) is 11.9 Å². The predicted molar refractivity (Wildman–Crippen MR) is 72.9 cm³/mol. The second-order valence-corrected chi connectivity index (χ2v) is 5.52. The molecule has 2 rings (SSSR count). The van der Waals surface area contributed by atoms with Crippen molar-refractivity contribution in [3.63, 3.8) is 0 Å². The zero-order valence-electron chi connectivity index (χ0n) is 11.3. The maximum absolute atomic E-state index is 11.0.